The molecule has 7 heteroatoms. The second-order valence-electron chi connectivity index (χ2n) is 5.72. The van der Waals surface area contributed by atoms with Crippen molar-refractivity contribution in [3.05, 3.63) is 54.1 Å². The van der Waals surface area contributed by atoms with Crippen molar-refractivity contribution in [1.82, 2.24) is 25.2 Å². The summed E-state index contributed by atoms with van der Waals surface area (Å²) in [4.78, 5) is 6.09. The Balaban J connectivity index is 1.31. The van der Waals surface area contributed by atoms with Gasteiger partial charge in [-0.15, -0.1) is 10.2 Å². The summed E-state index contributed by atoms with van der Waals surface area (Å²) in [6.07, 6.45) is 0.910. The largest absolute Gasteiger partial charge is 0.431 e. The molecule has 6 nitrogen and oxygen atoms in total. The maximum absolute atomic E-state index is 5.69. The topological polar surface area (TPSA) is 69.6 Å². The molecule has 0 spiro atoms. The van der Waals surface area contributed by atoms with E-state index in [2.05, 4.69) is 27.3 Å². The van der Waals surface area contributed by atoms with E-state index in [-0.39, 0.29) is 0 Å². The average molecular weight is 351 g/mol. The Morgan fingerprint density at radius 2 is 1.92 bits per heavy atom. The van der Waals surface area contributed by atoms with Crippen LogP contribution in [0.4, 0.5) is 0 Å². The van der Waals surface area contributed by atoms with Crippen LogP contribution < -0.4 is 0 Å². The first-order chi connectivity index (χ1) is 12.3. The molecule has 2 heterocycles. The number of aryl methyl sites for hydroxylation is 2. The Kier molecular flexibility index (Phi) is 4.47. The molecule has 0 N–H and O–H groups in total. The number of oxazole rings is 1. The van der Waals surface area contributed by atoms with Crippen LogP contribution in [0.5, 0.6) is 0 Å². The Labute approximate surface area is 149 Å². The predicted octanol–water partition coefficient (Wildman–Crippen LogP) is 3.97. The number of para-hydroxylation sites is 2. The van der Waals surface area contributed by atoms with Crippen molar-refractivity contribution in [2.45, 2.75) is 25.1 Å². The van der Waals surface area contributed by atoms with Crippen LogP contribution in [0.25, 0.3) is 22.5 Å². The van der Waals surface area contributed by atoms with E-state index >= 15 is 0 Å². The third kappa shape index (κ3) is 3.71. The van der Waals surface area contributed by atoms with Gasteiger partial charge in [0.1, 0.15) is 5.52 Å². The highest BCUT2D eigenvalue weighted by atomic mass is 32.2. The lowest BCUT2D eigenvalue weighted by atomic mass is 10.1. The summed E-state index contributed by atoms with van der Waals surface area (Å²) in [6, 6.07) is 15.9. The van der Waals surface area contributed by atoms with E-state index in [1.807, 2.05) is 48.5 Å². The van der Waals surface area contributed by atoms with Crippen molar-refractivity contribution in [2.75, 3.05) is 5.75 Å². The summed E-state index contributed by atoms with van der Waals surface area (Å²) in [5.74, 6) is 1.54. The highest BCUT2D eigenvalue weighted by Crippen LogP contribution is 2.23. The van der Waals surface area contributed by atoms with E-state index in [9.17, 15) is 0 Å². The van der Waals surface area contributed by atoms with Gasteiger partial charge in [-0.05, 0) is 30.7 Å². The number of aromatic nitrogens is 5. The molecule has 126 valence electrons. The minimum absolute atomic E-state index is 0.659. The fraction of sp³-hybridized carbons (Fsp3) is 0.222. The molecule has 0 fully saturated rings. The maximum atomic E-state index is 5.69. The fourth-order valence-corrected chi connectivity index (χ4v) is 3.19. The van der Waals surface area contributed by atoms with Crippen LogP contribution in [0.3, 0.4) is 0 Å². The second-order valence-corrected chi connectivity index (χ2v) is 6.77. The van der Waals surface area contributed by atoms with Gasteiger partial charge in [0, 0.05) is 11.3 Å². The lowest BCUT2D eigenvalue weighted by Crippen LogP contribution is -2.03. The van der Waals surface area contributed by atoms with Crippen molar-refractivity contribution >= 4 is 22.9 Å². The van der Waals surface area contributed by atoms with Crippen molar-refractivity contribution < 1.29 is 4.42 Å². The lowest BCUT2D eigenvalue weighted by Gasteiger charge is -1.98. The zero-order valence-corrected chi connectivity index (χ0v) is 14.6. The molecular weight excluding hydrogens is 334 g/mol. The summed E-state index contributed by atoms with van der Waals surface area (Å²) in [7, 11) is 0. The molecule has 0 radical (unpaired) electrons. The number of rotatable bonds is 6. The molecule has 0 aliphatic heterocycles. The first-order valence-electron chi connectivity index (χ1n) is 8.11. The highest BCUT2D eigenvalue weighted by molar-refractivity contribution is 7.99. The summed E-state index contributed by atoms with van der Waals surface area (Å²) in [6.45, 7) is 2.77. The summed E-state index contributed by atoms with van der Waals surface area (Å²) >= 11 is 1.60. The molecule has 0 atom stereocenters. The van der Waals surface area contributed by atoms with E-state index in [1.165, 1.54) is 5.56 Å². The molecule has 0 aliphatic carbocycles. The van der Waals surface area contributed by atoms with Crippen LogP contribution in [-0.2, 0) is 6.54 Å². The zero-order chi connectivity index (χ0) is 17.1. The van der Waals surface area contributed by atoms with Crippen LogP contribution >= 0.6 is 11.8 Å². The van der Waals surface area contributed by atoms with Crippen LogP contribution in [-0.4, -0.2) is 30.9 Å². The monoisotopic (exact) mass is 351 g/mol. The van der Waals surface area contributed by atoms with Gasteiger partial charge in [0.25, 0.3) is 5.22 Å². The molecule has 0 aliphatic rings. The van der Waals surface area contributed by atoms with E-state index in [0.29, 0.717) is 17.6 Å². The van der Waals surface area contributed by atoms with Crippen LogP contribution in [0, 0.1) is 6.92 Å². The minimum atomic E-state index is 0.659. The van der Waals surface area contributed by atoms with Crippen LogP contribution in [0.15, 0.2) is 58.2 Å². The SMILES string of the molecule is Cc1ccc(-c2nnn(CCCSc3nc4ccccc4o3)n2)cc1. The first kappa shape index (κ1) is 15.8. The number of tetrazole rings is 1. The molecule has 0 unspecified atom stereocenters. The molecule has 4 rings (SSSR count). The normalized spacial score (nSPS) is 11.2. The molecule has 0 amide bonds. The van der Waals surface area contributed by atoms with Gasteiger partial charge in [-0.1, -0.05) is 53.7 Å². The number of nitrogens with zero attached hydrogens (tertiary/aromatic N) is 5. The van der Waals surface area contributed by atoms with Gasteiger partial charge in [0.05, 0.1) is 6.54 Å². The predicted molar refractivity (Wildman–Crippen MR) is 97.3 cm³/mol. The van der Waals surface area contributed by atoms with Gasteiger partial charge in [-0.25, -0.2) is 4.98 Å². The third-order valence-corrected chi connectivity index (χ3v) is 4.68. The number of fused-ring (bicyclic) bond motifs is 1. The smallest absolute Gasteiger partial charge is 0.256 e. The molecule has 25 heavy (non-hydrogen) atoms. The Bertz CT molecular complexity index is 943. The second kappa shape index (κ2) is 7.06. The van der Waals surface area contributed by atoms with Gasteiger partial charge in [-0.2, -0.15) is 4.80 Å². The van der Waals surface area contributed by atoms with Crippen LogP contribution in [0.1, 0.15) is 12.0 Å². The quantitative estimate of drug-likeness (QED) is 0.387. The third-order valence-electron chi connectivity index (χ3n) is 3.76. The van der Waals surface area contributed by atoms with Gasteiger partial charge < -0.3 is 4.42 Å². The standard InChI is InChI=1S/C18H17N5OS/c1-13-7-9-14(10-8-13)17-20-22-23(21-17)11-4-12-25-18-19-15-5-2-3-6-16(15)24-18/h2-3,5-10H,4,11-12H2,1H3. The van der Waals surface area contributed by atoms with E-state index in [4.69, 9.17) is 4.42 Å². The Morgan fingerprint density at radius 3 is 2.76 bits per heavy atom. The Hall–Kier alpha value is -2.67. The van der Waals surface area contributed by atoms with Gasteiger partial charge in [0.2, 0.25) is 5.82 Å². The van der Waals surface area contributed by atoms with E-state index in [1.54, 1.807) is 16.6 Å². The molecule has 0 saturated heterocycles. The molecule has 2 aromatic carbocycles. The fourth-order valence-electron chi connectivity index (χ4n) is 2.43. The molecule has 4 aromatic rings. The summed E-state index contributed by atoms with van der Waals surface area (Å²) in [5.41, 5.74) is 3.92. The number of hydrogen-bond donors (Lipinski definition) is 0. The lowest BCUT2D eigenvalue weighted by molar-refractivity contribution is 0.487. The van der Waals surface area contributed by atoms with Gasteiger partial charge >= 0.3 is 0 Å². The number of benzene rings is 2. The van der Waals surface area contributed by atoms with Crippen molar-refractivity contribution in [1.29, 1.82) is 0 Å². The molecular formula is C18H17N5OS. The van der Waals surface area contributed by atoms with E-state index in [0.717, 1.165) is 28.8 Å². The van der Waals surface area contributed by atoms with Crippen LogP contribution in [0.2, 0.25) is 0 Å². The zero-order valence-electron chi connectivity index (χ0n) is 13.8. The van der Waals surface area contributed by atoms with Gasteiger partial charge in [-0.3, -0.25) is 0 Å². The number of hydrogen-bond acceptors (Lipinski definition) is 6. The highest BCUT2D eigenvalue weighted by Gasteiger charge is 2.07. The Morgan fingerprint density at radius 1 is 1.08 bits per heavy atom. The average Bonchev–Trinajstić information content (AvgIpc) is 3.26. The molecule has 2 aromatic heterocycles. The first-order valence-corrected chi connectivity index (χ1v) is 9.10. The summed E-state index contributed by atoms with van der Waals surface area (Å²) < 4.78 is 5.69. The van der Waals surface area contributed by atoms with Crippen molar-refractivity contribution in [3.8, 4) is 11.4 Å². The van der Waals surface area contributed by atoms with Crippen molar-refractivity contribution in [3.63, 3.8) is 0 Å². The van der Waals surface area contributed by atoms with Crippen molar-refractivity contribution in [2.24, 2.45) is 0 Å². The molecule has 0 saturated carbocycles. The number of thioether (sulfide) groups is 1. The molecule has 0 bridgehead atoms. The minimum Gasteiger partial charge on any atom is -0.431 e. The van der Waals surface area contributed by atoms with Gasteiger partial charge in [0.15, 0.2) is 5.58 Å². The van der Waals surface area contributed by atoms with E-state index < -0.39 is 0 Å². The summed E-state index contributed by atoms with van der Waals surface area (Å²) in [5, 5.41) is 13.4. The maximum Gasteiger partial charge on any atom is 0.256 e.